The lowest BCUT2D eigenvalue weighted by Crippen LogP contribution is -2.55. The van der Waals surface area contributed by atoms with Crippen molar-refractivity contribution in [3.8, 4) is 0 Å². The standard InChI is InChI=1S/C30H31F6N3OS.C29H29F6N3S.C29H27F6N3S/c1-2-18-15-39-8-6-19(18)10-27(39)25(23-5-7-37-26-4-3-17(16-40)9-24(23)26)14-28(41)38-22-12-20(29(31,32)33)11-21(13-22)30(34,35)36;2*1-2-17-16-38-10-8-18(17)11-26(38)24(22-7-9-36-25-6-4-3-5-23(22)25)15-27(39)37-21-13-19(28(30,31)32)12-20(14-21)29(33,34)35/h3-5,7,9,11-13,18-19,25,27,40H,2,6,8,10,14-16H2,1H3,(H,38,41);3-7,9,12-14,17-18,24,26H,2,8,10-11,15-16H2,1H3,(H,37,39);2-7,9,12-14,17-18,24,26H,1,8,10-11,15-16H2,(H,37,39)/t18-,19?,25-,27-;2*17-,18?,24-,26-/m000/s1. The van der Waals surface area contributed by atoms with Crippen molar-refractivity contribution in [1.29, 1.82) is 0 Å². The second-order valence-electron chi connectivity index (χ2n) is 32.0. The second-order valence-corrected chi connectivity index (χ2v) is 33.5. The minimum atomic E-state index is -4.95. The zero-order chi connectivity index (χ0) is 85.4. The smallest absolute Gasteiger partial charge is 0.392 e. The summed E-state index contributed by atoms with van der Waals surface area (Å²) in [6.45, 7) is 13.8. The Morgan fingerprint density at radius 1 is 0.420 bits per heavy atom. The number of benzene rings is 6. The van der Waals surface area contributed by atoms with Gasteiger partial charge in [-0.2, -0.15) is 79.0 Å². The van der Waals surface area contributed by atoms with Crippen LogP contribution in [0.25, 0.3) is 32.7 Å². The first kappa shape index (κ1) is 88.3. The molecule has 6 bridgehead atoms. The summed E-state index contributed by atoms with van der Waals surface area (Å²) in [6, 6.07) is 31.5. The van der Waals surface area contributed by atoms with Crippen molar-refractivity contribution in [3.05, 3.63) is 226 Å². The number of anilines is 3. The number of aliphatic hydroxyl groups is 1. The Labute approximate surface area is 692 Å². The molecule has 119 heavy (non-hydrogen) atoms. The molecular formula is C88H87F18N9OS3. The summed E-state index contributed by atoms with van der Waals surface area (Å²) < 4.78 is 241. The molecule has 12 heterocycles. The number of hydrogen-bond acceptors (Lipinski definition) is 10. The van der Waals surface area contributed by atoms with E-state index < -0.39 is 70.4 Å². The molecule has 4 N–H and O–H groups in total. The van der Waals surface area contributed by atoms with E-state index in [0.717, 1.165) is 140 Å². The first-order valence-corrected chi connectivity index (χ1v) is 40.8. The van der Waals surface area contributed by atoms with Gasteiger partial charge in [-0.25, -0.2) is 0 Å². The predicted molar refractivity (Wildman–Crippen MR) is 437 cm³/mol. The lowest BCUT2D eigenvalue weighted by atomic mass is 9.69. The molecular weight excluding hydrogens is 1640 g/mol. The Hall–Kier alpha value is -8.46. The van der Waals surface area contributed by atoms with Crippen molar-refractivity contribution in [1.82, 2.24) is 29.7 Å². The highest BCUT2D eigenvalue weighted by atomic mass is 32.1. The summed E-state index contributed by atoms with van der Waals surface area (Å²) >= 11 is 16.8. The Morgan fingerprint density at radius 2 is 0.731 bits per heavy atom. The van der Waals surface area contributed by atoms with Crippen LogP contribution < -0.4 is 16.0 Å². The molecule has 634 valence electrons. The molecule has 9 saturated heterocycles. The van der Waals surface area contributed by atoms with Gasteiger partial charge in [0.2, 0.25) is 0 Å². The van der Waals surface area contributed by atoms with Crippen LogP contribution >= 0.6 is 36.7 Å². The maximum absolute atomic E-state index is 13.4. The molecule has 0 radical (unpaired) electrons. The number of para-hydroxylation sites is 2. The van der Waals surface area contributed by atoms with Crippen LogP contribution in [0.1, 0.15) is 158 Å². The molecule has 9 aliphatic rings. The Morgan fingerprint density at radius 3 is 1.03 bits per heavy atom. The molecule has 9 fully saturated rings. The van der Waals surface area contributed by atoms with Gasteiger partial charge in [-0.05, 0) is 213 Å². The molecule has 9 aliphatic heterocycles. The van der Waals surface area contributed by atoms with Gasteiger partial charge in [0.15, 0.2) is 0 Å². The molecule has 6 unspecified atom stereocenters. The average molecular weight is 1720 g/mol. The van der Waals surface area contributed by atoms with Crippen LogP contribution in [0.3, 0.4) is 0 Å². The molecule has 18 rings (SSSR count). The third-order valence-corrected chi connectivity index (χ3v) is 25.7. The van der Waals surface area contributed by atoms with Crippen LogP contribution in [-0.4, -0.2) is 107 Å². The number of fused-ring (bicyclic) bond motifs is 12. The van der Waals surface area contributed by atoms with Gasteiger partial charge in [-0.15, -0.1) is 6.58 Å². The molecule has 0 aliphatic carbocycles. The van der Waals surface area contributed by atoms with Gasteiger partial charge >= 0.3 is 37.1 Å². The summed E-state index contributed by atoms with van der Waals surface area (Å²) in [5.74, 6) is 2.76. The fraction of sp³-hybridized carbons (Fsp3) is 0.432. The number of aromatic nitrogens is 3. The molecule has 15 atom stereocenters. The molecule has 3 aromatic heterocycles. The van der Waals surface area contributed by atoms with E-state index in [1.54, 1.807) is 24.7 Å². The zero-order valence-electron chi connectivity index (χ0n) is 64.6. The van der Waals surface area contributed by atoms with Gasteiger partial charge in [0.1, 0.15) is 0 Å². The largest absolute Gasteiger partial charge is 0.416 e. The fourth-order valence-electron chi connectivity index (χ4n) is 19.1. The first-order valence-electron chi connectivity index (χ1n) is 39.5. The summed E-state index contributed by atoms with van der Waals surface area (Å²) in [5, 5.41) is 20.7. The number of nitrogens with zero attached hydrogens (tertiary/aromatic N) is 6. The number of halogens is 18. The van der Waals surface area contributed by atoms with Crippen molar-refractivity contribution in [2.75, 3.05) is 55.2 Å². The van der Waals surface area contributed by atoms with E-state index in [-0.39, 0.29) is 112 Å². The number of alkyl halides is 18. The molecule has 0 amide bonds. The van der Waals surface area contributed by atoms with Gasteiger partial charge in [0, 0.05) is 127 Å². The van der Waals surface area contributed by atoms with Crippen LogP contribution in [0, 0.1) is 35.5 Å². The highest BCUT2D eigenvalue weighted by Crippen LogP contribution is 2.51. The van der Waals surface area contributed by atoms with Crippen molar-refractivity contribution in [2.24, 2.45) is 35.5 Å². The highest BCUT2D eigenvalue weighted by Gasteiger charge is 2.48. The third kappa shape index (κ3) is 20.7. The van der Waals surface area contributed by atoms with E-state index in [0.29, 0.717) is 77.5 Å². The van der Waals surface area contributed by atoms with E-state index in [9.17, 15) is 84.1 Å². The predicted octanol–water partition coefficient (Wildman–Crippen LogP) is 24.2. The molecule has 0 spiro atoms. The highest BCUT2D eigenvalue weighted by molar-refractivity contribution is 7.81. The van der Waals surface area contributed by atoms with E-state index in [2.05, 4.69) is 66.0 Å². The monoisotopic (exact) mass is 1720 g/mol. The number of rotatable bonds is 19. The van der Waals surface area contributed by atoms with E-state index >= 15 is 0 Å². The van der Waals surface area contributed by atoms with Gasteiger partial charge in [-0.1, -0.05) is 112 Å². The SMILES string of the molecule is C=C[C@H]1CN2CCC1C[C@H]2[C@@H](CC(=S)Nc1cc(C(F)(F)F)cc(C(F)(F)F)c1)c1ccnc2ccccc12.CC[C@H]1CN2CCC1C[C@H]2[C@@H](CC(=S)Nc1cc(C(F)(F)F)cc(C(F)(F)F)c1)c1ccnc2ccc(CO)cc12.CC[C@H]1CN2CCC1C[C@H]2[C@@H](CC(=S)Nc1cc(C(F)(F)F)cc(C(F)(F)F)c1)c1ccnc2ccccc12. The zero-order valence-corrected chi connectivity index (χ0v) is 67.1. The van der Waals surface area contributed by atoms with Crippen LogP contribution in [0.2, 0.25) is 0 Å². The number of nitrogens with one attached hydrogen (secondary N) is 3. The maximum Gasteiger partial charge on any atom is 0.416 e. The number of thiocarbonyl (C=S) groups is 3. The summed E-state index contributed by atoms with van der Waals surface area (Å²) in [5.41, 5.74) is -3.24. The van der Waals surface area contributed by atoms with Crippen molar-refractivity contribution >= 4 is 101 Å². The van der Waals surface area contributed by atoms with Gasteiger partial charge < -0.3 is 21.1 Å². The summed E-state index contributed by atoms with van der Waals surface area (Å²) in [6.07, 6.45) is -13.4. The van der Waals surface area contributed by atoms with Crippen molar-refractivity contribution in [2.45, 2.75) is 164 Å². The Bertz CT molecular complexity index is 5060. The average Bonchev–Trinajstić information content (AvgIpc) is 0.765. The normalized spacial score (nSPS) is 23.8. The van der Waals surface area contributed by atoms with Gasteiger partial charge in [0.25, 0.3) is 0 Å². The van der Waals surface area contributed by atoms with Crippen molar-refractivity contribution in [3.63, 3.8) is 0 Å². The van der Waals surface area contributed by atoms with Crippen LogP contribution in [0.4, 0.5) is 96.1 Å². The van der Waals surface area contributed by atoms with Gasteiger partial charge in [0.05, 0.1) is 71.5 Å². The topological polar surface area (TPSA) is 105 Å². The number of hydrogen-bond donors (Lipinski definition) is 4. The minimum Gasteiger partial charge on any atom is -0.392 e. The van der Waals surface area contributed by atoms with Gasteiger partial charge in [-0.3, -0.25) is 29.7 Å². The maximum atomic E-state index is 13.4. The fourth-order valence-corrected chi connectivity index (χ4v) is 20.0. The van der Waals surface area contributed by atoms with Crippen LogP contribution in [0.5, 0.6) is 0 Å². The first-order chi connectivity index (χ1) is 56.2. The summed E-state index contributed by atoms with van der Waals surface area (Å²) in [7, 11) is 0. The Balaban J connectivity index is 0.000000155. The number of aliphatic hydroxyl groups excluding tert-OH is 1. The molecule has 6 aromatic carbocycles. The Kier molecular flexibility index (Phi) is 26.7. The van der Waals surface area contributed by atoms with E-state index in [1.165, 1.54) is 0 Å². The van der Waals surface area contributed by atoms with Crippen molar-refractivity contribution < 1.29 is 84.1 Å². The van der Waals surface area contributed by atoms with E-state index in [1.807, 2.05) is 84.9 Å². The third-order valence-electron chi connectivity index (χ3n) is 24.9. The van der Waals surface area contributed by atoms with E-state index in [4.69, 9.17) is 36.7 Å². The molecule has 31 heteroatoms. The number of pyridine rings is 3. The molecule has 0 saturated carbocycles. The van der Waals surface area contributed by atoms with Crippen LogP contribution in [-0.2, 0) is 43.7 Å². The lowest BCUT2D eigenvalue weighted by molar-refractivity contribution is -0.144. The minimum absolute atomic E-state index is 0.0897. The quantitative estimate of drug-likeness (QED) is 0.0351. The lowest BCUT2D eigenvalue weighted by Gasteiger charge is -2.52. The molecule has 10 nitrogen and oxygen atoms in total. The number of piperidine rings is 9. The summed E-state index contributed by atoms with van der Waals surface area (Å²) in [4.78, 5) is 21.3. The van der Waals surface area contributed by atoms with Crippen LogP contribution in [0.15, 0.2) is 171 Å². The molecule has 9 aromatic rings. The second kappa shape index (κ2) is 35.9.